The van der Waals surface area contributed by atoms with Crippen molar-refractivity contribution in [1.82, 2.24) is 15.3 Å². The highest BCUT2D eigenvalue weighted by Gasteiger charge is 2.51. The van der Waals surface area contributed by atoms with Gasteiger partial charge in [0.05, 0.1) is 23.2 Å². The minimum absolute atomic E-state index is 0.122. The summed E-state index contributed by atoms with van der Waals surface area (Å²) in [6.07, 6.45) is 4.36. The van der Waals surface area contributed by atoms with Crippen molar-refractivity contribution in [2.45, 2.75) is 44.2 Å². The average molecular weight is 356 g/mol. The molecule has 130 valence electrons. The molecule has 1 saturated heterocycles. The van der Waals surface area contributed by atoms with E-state index in [9.17, 15) is 9.90 Å². The van der Waals surface area contributed by atoms with Gasteiger partial charge in [0.15, 0.2) is 0 Å². The number of carboxylic acids is 1. The summed E-state index contributed by atoms with van der Waals surface area (Å²) in [5, 5.41) is 22.5. The molecule has 0 spiro atoms. The van der Waals surface area contributed by atoms with Crippen LogP contribution < -0.4 is 5.32 Å². The van der Waals surface area contributed by atoms with Crippen molar-refractivity contribution < 1.29 is 9.90 Å². The number of thiazole rings is 1. The van der Waals surface area contributed by atoms with E-state index in [-0.39, 0.29) is 17.9 Å². The van der Waals surface area contributed by atoms with Gasteiger partial charge in [-0.3, -0.25) is 20.1 Å². The summed E-state index contributed by atoms with van der Waals surface area (Å²) in [6.45, 7) is 4.05. The number of pyridine rings is 1. The summed E-state index contributed by atoms with van der Waals surface area (Å²) in [6, 6.07) is 5.37. The van der Waals surface area contributed by atoms with Gasteiger partial charge in [-0.2, -0.15) is 5.26 Å². The van der Waals surface area contributed by atoms with Gasteiger partial charge in [0.25, 0.3) is 0 Å². The molecule has 2 aromatic heterocycles. The zero-order chi connectivity index (χ0) is 18.0. The molecule has 0 bridgehead atoms. The number of hydrogen-bond acceptors (Lipinski definition) is 6. The van der Waals surface area contributed by atoms with E-state index < -0.39 is 11.5 Å². The zero-order valence-electron chi connectivity index (χ0n) is 14.1. The Morgan fingerprint density at radius 3 is 3.00 bits per heavy atom. The number of nitriles is 1. The van der Waals surface area contributed by atoms with Crippen molar-refractivity contribution in [2.24, 2.45) is 5.92 Å². The topological polar surface area (TPSA) is 98.9 Å². The van der Waals surface area contributed by atoms with Crippen LogP contribution in [0.15, 0.2) is 30.0 Å². The second kappa shape index (κ2) is 6.90. The number of aliphatic carboxylic acids is 1. The first-order chi connectivity index (χ1) is 11.9. The molecule has 0 unspecified atom stereocenters. The molecule has 2 aromatic rings. The minimum atomic E-state index is -1.00. The molecule has 25 heavy (non-hydrogen) atoms. The van der Waals surface area contributed by atoms with Crippen LogP contribution in [0.3, 0.4) is 0 Å². The molecule has 1 aliphatic rings. The first kappa shape index (κ1) is 17.5. The molecule has 0 aromatic carbocycles. The third-order valence-corrected chi connectivity index (χ3v) is 5.48. The van der Waals surface area contributed by atoms with Gasteiger partial charge < -0.3 is 5.11 Å². The molecule has 1 fully saturated rings. The second-order valence-corrected chi connectivity index (χ2v) is 7.82. The fourth-order valence-corrected chi connectivity index (χ4v) is 4.41. The summed E-state index contributed by atoms with van der Waals surface area (Å²) >= 11 is 1.50. The van der Waals surface area contributed by atoms with Crippen molar-refractivity contribution >= 4 is 17.3 Å². The van der Waals surface area contributed by atoms with E-state index in [1.807, 2.05) is 13.8 Å². The van der Waals surface area contributed by atoms with Gasteiger partial charge in [0, 0.05) is 28.9 Å². The number of aromatic nitrogens is 2. The fourth-order valence-electron chi connectivity index (χ4n) is 3.67. The molecule has 0 radical (unpaired) electrons. The molecular weight excluding hydrogens is 336 g/mol. The predicted octanol–water partition coefficient (Wildman–Crippen LogP) is 3.10. The number of nitrogens with zero attached hydrogens (tertiary/aromatic N) is 3. The number of rotatable bonds is 5. The second-order valence-electron chi connectivity index (χ2n) is 6.90. The highest BCUT2D eigenvalue weighted by atomic mass is 32.1. The third kappa shape index (κ3) is 3.41. The Hall–Kier alpha value is -2.30. The molecule has 6 nitrogen and oxygen atoms in total. The maximum absolute atomic E-state index is 12.1. The van der Waals surface area contributed by atoms with Crippen LogP contribution in [0.5, 0.6) is 0 Å². The van der Waals surface area contributed by atoms with E-state index in [4.69, 9.17) is 5.26 Å². The number of nitrogens with one attached hydrogen (secondary N) is 1. The van der Waals surface area contributed by atoms with Crippen molar-refractivity contribution in [2.75, 3.05) is 0 Å². The molecule has 0 amide bonds. The van der Waals surface area contributed by atoms with Gasteiger partial charge in [-0.25, -0.2) is 0 Å². The van der Waals surface area contributed by atoms with Crippen LogP contribution in [0.2, 0.25) is 0 Å². The molecule has 7 heteroatoms. The Morgan fingerprint density at radius 2 is 2.40 bits per heavy atom. The number of hydrogen-bond donors (Lipinski definition) is 2. The van der Waals surface area contributed by atoms with Crippen molar-refractivity contribution in [3.8, 4) is 6.07 Å². The van der Waals surface area contributed by atoms with Gasteiger partial charge in [0.1, 0.15) is 5.54 Å². The molecule has 2 N–H and O–H groups in total. The first-order valence-corrected chi connectivity index (χ1v) is 9.08. The summed E-state index contributed by atoms with van der Waals surface area (Å²) in [4.78, 5) is 21.7. The van der Waals surface area contributed by atoms with Gasteiger partial charge in [-0.1, -0.05) is 13.8 Å². The van der Waals surface area contributed by atoms with Crippen LogP contribution in [0, 0.1) is 17.2 Å². The normalized spacial score (nSPS) is 25.8. The minimum Gasteiger partial charge on any atom is -0.480 e. The molecule has 0 aliphatic carbocycles. The van der Waals surface area contributed by atoms with Crippen molar-refractivity contribution in [3.05, 3.63) is 46.2 Å². The first-order valence-electron chi connectivity index (χ1n) is 8.21. The van der Waals surface area contributed by atoms with Gasteiger partial charge in [0.2, 0.25) is 0 Å². The molecule has 1 aliphatic heterocycles. The summed E-state index contributed by atoms with van der Waals surface area (Å²) < 4.78 is 0. The lowest BCUT2D eigenvalue weighted by Gasteiger charge is -2.27. The fraction of sp³-hybridized carbons (Fsp3) is 0.444. The van der Waals surface area contributed by atoms with E-state index in [0.29, 0.717) is 18.4 Å². The maximum atomic E-state index is 12.1. The highest BCUT2D eigenvalue weighted by molar-refractivity contribution is 7.09. The van der Waals surface area contributed by atoms with E-state index in [1.54, 1.807) is 30.0 Å². The van der Waals surface area contributed by atoms with E-state index in [0.717, 1.165) is 10.6 Å². The lowest BCUT2D eigenvalue weighted by molar-refractivity contribution is -0.145. The molecule has 3 atom stereocenters. The SMILES string of the molecule is CC(C)C[C@@]1(C(=O)O)C[C@H](c2cc(C#N)ccn2)[C@H](c2cncs2)N1. The van der Waals surface area contributed by atoms with E-state index in [1.165, 1.54) is 11.3 Å². The van der Waals surface area contributed by atoms with Gasteiger partial charge >= 0.3 is 5.97 Å². The van der Waals surface area contributed by atoms with E-state index >= 15 is 0 Å². The van der Waals surface area contributed by atoms with Gasteiger partial charge in [-0.15, -0.1) is 11.3 Å². The largest absolute Gasteiger partial charge is 0.480 e. The highest BCUT2D eigenvalue weighted by Crippen LogP contribution is 2.47. The summed E-state index contributed by atoms with van der Waals surface area (Å²) in [5.41, 5.74) is 2.02. The number of carbonyl (C=O) groups is 1. The number of carboxylic acid groups (broad SMARTS) is 1. The van der Waals surface area contributed by atoms with Crippen LogP contribution in [0.25, 0.3) is 0 Å². The van der Waals surface area contributed by atoms with Crippen LogP contribution >= 0.6 is 11.3 Å². The smallest absolute Gasteiger partial charge is 0.323 e. The molecule has 3 heterocycles. The molecule has 3 rings (SSSR count). The predicted molar refractivity (Wildman–Crippen MR) is 94.1 cm³/mol. The quantitative estimate of drug-likeness (QED) is 0.854. The summed E-state index contributed by atoms with van der Waals surface area (Å²) in [7, 11) is 0. The third-order valence-electron chi connectivity index (χ3n) is 4.62. The Balaban J connectivity index is 2.04. The monoisotopic (exact) mass is 356 g/mol. The Kier molecular flexibility index (Phi) is 4.84. The summed E-state index contributed by atoms with van der Waals surface area (Å²) in [5.74, 6) is -0.721. The average Bonchev–Trinajstić information content (AvgIpc) is 3.22. The van der Waals surface area contributed by atoms with Crippen molar-refractivity contribution in [1.29, 1.82) is 5.26 Å². The van der Waals surface area contributed by atoms with Crippen LogP contribution in [-0.2, 0) is 4.79 Å². The lowest BCUT2D eigenvalue weighted by atomic mass is 9.83. The Morgan fingerprint density at radius 1 is 1.60 bits per heavy atom. The van der Waals surface area contributed by atoms with E-state index in [2.05, 4.69) is 21.4 Å². The van der Waals surface area contributed by atoms with Gasteiger partial charge in [-0.05, 0) is 30.9 Å². The lowest BCUT2D eigenvalue weighted by Crippen LogP contribution is -2.49. The van der Waals surface area contributed by atoms with Crippen LogP contribution in [-0.4, -0.2) is 26.6 Å². The maximum Gasteiger partial charge on any atom is 0.323 e. The Bertz CT molecular complexity index is 800. The standard InChI is InChI=1S/C18H20N4O2S/c1-11(2)6-18(17(23)24)7-13(14-5-12(8-19)3-4-21-14)16(22-18)15-9-20-10-25-15/h3-5,9-11,13,16,22H,6-7H2,1-2H3,(H,23,24)/t13-,16-,18+/m1/s1. The molecular formula is C18H20N4O2S. The Labute approximate surface area is 150 Å². The molecule has 0 saturated carbocycles. The van der Waals surface area contributed by atoms with Crippen LogP contribution in [0.4, 0.5) is 0 Å². The van der Waals surface area contributed by atoms with Crippen LogP contribution in [0.1, 0.15) is 54.8 Å². The zero-order valence-corrected chi connectivity index (χ0v) is 15.0. The van der Waals surface area contributed by atoms with Crippen molar-refractivity contribution in [3.63, 3.8) is 0 Å².